The number of thiophene rings is 1. The van der Waals surface area contributed by atoms with Crippen LogP contribution in [-0.4, -0.2) is 40.8 Å². The quantitative estimate of drug-likeness (QED) is 0.762. The number of carboxylic acids is 1. The van der Waals surface area contributed by atoms with Gasteiger partial charge in [-0.05, 0) is 25.8 Å². The molecule has 1 unspecified atom stereocenters. The normalized spacial score (nSPS) is 12.5. The number of hydrogen-bond acceptors (Lipinski definition) is 6. The van der Waals surface area contributed by atoms with Crippen LogP contribution < -0.4 is 5.32 Å². The summed E-state index contributed by atoms with van der Waals surface area (Å²) in [6.07, 6.45) is 2.61. The molecule has 2 rings (SSSR count). The Morgan fingerprint density at radius 2 is 2.35 bits per heavy atom. The van der Waals surface area contributed by atoms with Crippen LogP contribution in [0.4, 0.5) is 5.82 Å². The second kappa shape index (κ2) is 6.62. The molecule has 108 valence electrons. The molecule has 6 nitrogen and oxygen atoms in total. The number of aryl methyl sites for hydroxylation is 1. The Hall–Kier alpha value is -1.73. The summed E-state index contributed by atoms with van der Waals surface area (Å²) >= 11 is 1.56. The highest BCUT2D eigenvalue weighted by Gasteiger charge is 2.19. The maximum Gasteiger partial charge on any atom is 0.326 e. The molecule has 2 N–H and O–H groups in total. The number of nitrogens with one attached hydrogen (secondary N) is 1. The molecule has 2 aromatic rings. The number of anilines is 1. The number of carboxylic acid groups (broad SMARTS) is 1. The van der Waals surface area contributed by atoms with Gasteiger partial charge in [0.15, 0.2) is 0 Å². The highest BCUT2D eigenvalue weighted by molar-refractivity contribution is 7.18. The second-order valence-corrected chi connectivity index (χ2v) is 5.70. The number of methoxy groups -OCH3 is 1. The van der Waals surface area contributed by atoms with Crippen molar-refractivity contribution in [3.8, 4) is 0 Å². The van der Waals surface area contributed by atoms with Crippen LogP contribution in [0, 0.1) is 6.92 Å². The zero-order chi connectivity index (χ0) is 14.5. The highest BCUT2D eigenvalue weighted by atomic mass is 32.1. The number of rotatable bonds is 7. The maximum atomic E-state index is 11.3. The monoisotopic (exact) mass is 295 g/mol. The summed E-state index contributed by atoms with van der Waals surface area (Å²) in [6, 6.07) is 1.29. The van der Waals surface area contributed by atoms with E-state index >= 15 is 0 Å². The first-order chi connectivity index (χ1) is 9.61. The lowest BCUT2D eigenvalue weighted by atomic mass is 10.1. The molecule has 0 spiro atoms. The molecule has 0 bridgehead atoms. The summed E-state index contributed by atoms with van der Waals surface area (Å²) in [7, 11) is 1.60. The van der Waals surface area contributed by atoms with Gasteiger partial charge in [0.25, 0.3) is 0 Å². The first-order valence-electron chi connectivity index (χ1n) is 6.31. The molecule has 0 aromatic carbocycles. The Morgan fingerprint density at radius 1 is 1.55 bits per heavy atom. The van der Waals surface area contributed by atoms with Crippen molar-refractivity contribution in [3.63, 3.8) is 0 Å². The second-order valence-electron chi connectivity index (χ2n) is 4.47. The Bertz CT molecular complexity index is 600. The Kier molecular flexibility index (Phi) is 4.86. The van der Waals surface area contributed by atoms with Crippen LogP contribution in [0.25, 0.3) is 10.2 Å². The van der Waals surface area contributed by atoms with Gasteiger partial charge in [-0.25, -0.2) is 14.8 Å². The lowest BCUT2D eigenvalue weighted by molar-refractivity contribution is -0.138. The Balaban J connectivity index is 2.17. The fourth-order valence-electron chi connectivity index (χ4n) is 1.95. The summed E-state index contributed by atoms with van der Waals surface area (Å²) in [5.74, 6) is -0.316. The van der Waals surface area contributed by atoms with Gasteiger partial charge in [-0.2, -0.15) is 0 Å². The lowest BCUT2D eigenvalue weighted by Gasteiger charge is -2.15. The number of fused-ring (bicyclic) bond motifs is 1. The average Bonchev–Trinajstić information content (AvgIpc) is 2.78. The molecule has 0 aliphatic heterocycles. The van der Waals surface area contributed by atoms with Crippen LogP contribution in [0.2, 0.25) is 0 Å². The van der Waals surface area contributed by atoms with Gasteiger partial charge in [-0.15, -0.1) is 11.3 Å². The van der Waals surface area contributed by atoms with E-state index in [1.807, 2.05) is 13.0 Å². The number of ether oxygens (including phenoxy) is 1. The Labute approximate surface area is 120 Å². The number of carbonyl (C=O) groups is 1. The number of aliphatic carboxylic acids is 1. The molecule has 0 saturated carbocycles. The SMILES string of the molecule is COCCCC(Nc1ncnc2sc(C)cc12)C(=O)O. The molecule has 7 heteroatoms. The van der Waals surface area contributed by atoms with Crippen LogP contribution >= 0.6 is 11.3 Å². The van der Waals surface area contributed by atoms with E-state index in [-0.39, 0.29) is 0 Å². The Morgan fingerprint density at radius 3 is 3.05 bits per heavy atom. The van der Waals surface area contributed by atoms with E-state index in [0.29, 0.717) is 25.3 Å². The van der Waals surface area contributed by atoms with E-state index in [4.69, 9.17) is 4.74 Å². The molecular formula is C13H17N3O3S. The van der Waals surface area contributed by atoms with Crippen molar-refractivity contribution in [2.45, 2.75) is 25.8 Å². The van der Waals surface area contributed by atoms with E-state index < -0.39 is 12.0 Å². The zero-order valence-corrected chi connectivity index (χ0v) is 12.2. The minimum absolute atomic E-state index is 0.484. The van der Waals surface area contributed by atoms with E-state index in [1.165, 1.54) is 6.33 Å². The smallest absolute Gasteiger partial charge is 0.326 e. The molecule has 20 heavy (non-hydrogen) atoms. The summed E-state index contributed by atoms with van der Waals surface area (Å²) < 4.78 is 4.95. The number of aromatic nitrogens is 2. The maximum absolute atomic E-state index is 11.3. The fraction of sp³-hybridized carbons (Fsp3) is 0.462. The van der Waals surface area contributed by atoms with Gasteiger partial charge in [0.2, 0.25) is 0 Å². The average molecular weight is 295 g/mol. The third kappa shape index (κ3) is 3.43. The van der Waals surface area contributed by atoms with Crippen molar-refractivity contribution in [2.75, 3.05) is 19.0 Å². The minimum Gasteiger partial charge on any atom is -0.480 e. The van der Waals surface area contributed by atoms with Gasteiger partial charge in [0.05, 0.1) is 5.39 Å². The van der Waals surface area contributed by atoms with Crippen LogP contribution in [0.3, 0.4) is 0 Å². The van der Waals surface area contributed by atoms with Crippen LogP contribution in [-0.2, 0) is 9.53 Å². The largest absolute Gasteiger partial charge is 0.480 e. The van der Waals surface area contributed by atoms with Gasteiger partial charge in [0.1, 0.15) is 23.0 Å². The van der Waals surface area contributed by atoms with Crippen molar-refractivity contribution < 1.29 is 14.6 Å². The van der Waals surface area contributed by atoms with Crippen LogP contribution in [0.1, 0.15) is 17.7 Å². The summed E-state index contributed by atoms with van der Waals surface area (Å²) in [5.41, 5.74) is 0. The van der Waals surface area contributed by atoms with E-state index in [2.05, 4.69) is 15.3 Å². The van der Waals surface area contributed by atoms with Crippen molar-refractivity contribution in [1.82, 2.24) is 9.97 Å². The third-order valence-electron chi connectivity index (χ3n) is 2.90. The molecule has 2 aromatic heterocycles. The van der Waals surface area contributed by atoms with Crippen molar-refractivity contribution >= 4 is 33.3 Å². The van der Waals surface area contributed by atoms with E-state index in [1.54, 1.807) is 18.4 Å². The van der Waals surface area contributed by atoms with E-state index in [0.717, 1.165) is 15.1 Å². The fourth-order valence-corrected chi connectivity index (χ4v) is 2.79. The molecule has 0 radical (unpaired) electrons. The molecule has 2 heterocycles. The standard InChI is InChI=1S/C13H17N3O3S/c1-8-6-9-11(14-7-15-12(9)20-8)16-10(13(17)18)4-3-5-19-2/h6-7,10H,3-5H2,1-2H3,(H,17,18)(H,14,15,16). The first-order valence-corrected chi connectivity index (χ1v) is 7.13. The molecule has 0 aliphatic rings. The first kappa shape index (κ1) is 14.7. The third-order valence-corrected chi connectivity index (χ3v) is 3.86. The molecule has 1 atom stereocenters. The number of nitrogens with zero attached hydrogens (tertiary/aromatic N) is 2. The van der Waals surface area contributed by atoms with Crippen LogP contribution in [0.5, 0.6) is 0 Å². The lowest BCUT2D eigenvalue weighted by Crippen LogP contribution is -2.30. The molecule has 0 aliphatic carbocycles. The van der Waals surface area contributed by atoms with Gasteiger partial charge < -0.3 is 15.2 Å². The summed E-state index contributed by atoms with van der Waals surface area (Å²) in [4.78, 5) is 21.6. The topological polar surface area (TPSA) is 84.3 Å². The van der Waals surface area contributed by atoms with Crippen molar-refractivity contribution in [1.29, 1.82) is 0 Å². The summed E-state index contributed by atoms with van der Waals surface area (Å²) in [6.45, 7) is 2.53. The van der Waals surface area contributed by atoms with Gasteiger partial charge in [-0.1, -0.05) is 0 Å². The molecule has 0 saturated heterocycles. The number of hydrogen-bond donors (Lipinski definition) is 2. The van der Waals surface area contributed by atoms with E-state index in [9.17, 15) is 9.90 Å². The molecule has 0 fully saturated rings. The highest BCUT2D eigenvalue weighted by Crippen LogP contribution is 2.28. The van der Waals surface area contributed by atoms with Crippen molar-refractivity contribution in [3.05, 3.63) is 17.3 Å². The van der Waals surface area contributed by atoms with Gasteiger partial charge >= 0.3 is 5.97 Å². The summed E-state index contributed by atoms with van der Waals surface area (Å²) in [5, 5.41) is 13.1. The van der Waals surface area contributed by atoms with Gasteiger partial charge in [0, 0.05) is 18.6 Å². The van der Waals surface area contributed by atoms with Gasteiger partial charge in [-0.3, -0.25) is 0 Å². The minimum atomic E-state index is -0.889. The predicted molar refractivity (Wildman–Crippen MR) is 78.3 cm³/mol. The predicted octanol–water partition coefficient (Wildman–Crippen LogP) is 2.29. The zero-order valence-electron chi connectivity index (χ0n) is 11.4. The van der Waals surface area contributed by atoms with Crippen LogP contribution in [0.15, 0.2) is 12.4 Å². The molecule has 0 amide bonds. The van der Waals surface area contributed by atoms with Crippen molar-refractivity contribution in [2.24, 2.45) is 0 Å². The molecular weight excluding hydrogens is 278 g/mol.